The lowest BCUT2D eigenvalue weighted by Gasteiger charge is -2.11. The molecule has 2 aromatic carbocycles. The number of benzene rings is 2. The summed E-state index contributed by atoms with van der Waals surface area (Å²) < 4.78 is 5.12. The van der Waals surface area contributed by atoms with Gasteiger partial charge in [0.05, 0.1) is 7.11 Å². The Bertz CT molecular complexity index is 651. The van der Waals surface area contributed by atoms with Crippen LogP contribution in [-0.4, -0.2) is 13.0 Å². The fourth-order valence-electron chi connectivity index (χ4n) is 1.93. The molecule has 20 heavy (non-hydrogen) atoms. The van der Waals surface area contributed by atoms with Gasteiger partial charge >= 0.3 is 0 Å². The van der Waals surface area contributed by atoms with E-state index < -0.39 is 0 Å². The van der Waals surface area contributed by atoms with E-state index in [2.05, 4.69) is 5.32 Å². The number of ether oxygens (including phenoxy) is 1. The standard InChI is InChI=1S/C16H18N2O2/c1-10-8-15(11(2)7-14(10)17)18-16(19)12-5-4-6-13(9-12)20-3/h4-9H,17H2,1-3H3,(H,18,19). The second-order valence-electron chi connectivity index (χ2n) is 4.71. The second-order valence-corrected chi connectivity index (χ2v) is 4.71. The van der Waals surface area contributed by atoms with Crippen molar-refractivity contribution in [2.75, 3.05) is 18.2 Å². The van der Waals surface area contributed by atoms with Crippen molar-refractivity contribution in [2.45, 2.75) is 13.8 Å². The molecule has 0 saturated carbocycles. The maximum atomic E-state index is 12.2. The van der Waals surface area contributed by atoms with Gasteiger partial charge in [-0.15, -0.1) is 0 Å². The van der Waals surface area contributed by atoms with Gasteiger partial charge in [0.25, 0.3) is 5.91 Å². The average molecular weight is 270 g/mol. The predicted molar refractivity (Wildman–Crippen MR) is 81.3 cm³/mol. The summed E-state index contributed by atoms with van der Waals surface area (Å²) in [6.45, 7) is 3.83. The van der Waals surface area contributed by atoms with Gasteiger partial charge in [0.2, 0.25) is 0 Å². The molecule has 0 bridgehead atoms. The van der Waals surface area contributed by atoms with E-state index in [0.29, 0.717) is 11.3 Å². The monoisotopic (exact) mass is 270 g/mol. The van der Waals surface area contributed by atoms with E-state index in [-0.39, 0.29) is 5.91 Å². The topological polar surface area (TPSA) is 64.3 Å². The van der Waals surface area contributed by atoms with Crippen LogP contribution in [0.5, 0.6) is 5.75 Å². The molecule has 1 amide bonds. The molecule has 104 valence electrons. The highest BCUT2D eigenvalue weighted by Crippen LogP contribution is 2.23. The number of nitrogens with one attached hydrogen (secondary N) is 1. The van der Waals surface area contributed by atoms with E-state index in [9.17, 15) is 4.79 Å². The lowest BCUT2D eigenvalue weighted by molar-refractivity contribution is 0.102. The number of nitrogens with two attached hydrogens (primary N) is 1. The van der Waals surface area contributed by atoms with Gasteiger partial charge in [-0.25, -0.2) is 0 Å². The zero-order valence-corrected chi connectivity index (χ0v) is 11.9. The van der Waals surface area contributed by atoms with Crippen molar-refractivity contribution >= 4 is 17.3 Å². The van der Waals surface area contributed by atoms with Crippen molar-refractivity contribution in [2.24, 2.45) is 0 Å². The summed E-state index contributed by atoms with van der Waals surface area (Å²) in [6, 6.07) is 10.8. The molecule has 0 unspecified atom stereocenters. The van der Waals surface area contributed by atoms with Gasteiger partial charge in [0, 0.05) is 16.9 Å². The molecule has 0 fully saturated rings. The summed E-state index contributed by atoms with van der Waals surface area (Å²) in [4.78, 5) is 12.2. The maximum Gasteiger partial charge on any atom is 0.255 e. The molecule has 0 radical (unpaired) electrons. The third kappa shape index (κ3) is 2.91. The van der Waals surface area contributed by atoms with Crippen molar-refractivity contribution in [1.82, 2.24) is 0 Å². The van der Waals surface area contributed by atoms with Crippen molar-refractivity contribution in [3.8, 4) is 5.75 Å². The van der Waals surface area contributed by atoms with Crippen molar-refractivity contribution in [3.05, 3.63) is 53.1 Å². The molecule has 3 N–H and O–H groups in total. The largest absolute Gasteiger partial charge is 0.497 e. The molecule has 0 aliphatic carbocycles. The Morgan fingerprint density at radius 2 is 1.90 bits per heavy atom. The minimum Gasteiger partial charge on any atom is -0.497 e. The zero-order chi connectivity index (χ0) is 14.7. The number of methoxy groups -OCH3 is 1. The fourth-order valence-corrected chi connectivity index (χ4v) is 1.93. The predicted octanol–water partition coefficient (Wildman–Crippen LogP) is 3.15. The van der Waals surface area contributed by atoms with Crippen LogP contribution in [0.15, 0.2) is 36.4 Å². The molecular formula is C16H18N2O2. The molecule has 0 aliphatic rings. The molecule has 0 spiro atoms. The van der Waals surface area contributed by atoms with Gasteiger partial charge in [-0.2, -0.15) is 0 Å². The number of carbonyl (C=O) groups excluding carboxylic acids is 1. The molecule has 0 saturated heterocycles. The molecule has 0 atom stereocenters. The van der Waals surface area contributed by atoms with Crippen LogP contribution in [0.1, 0.15) is 21.5 Å². The van der Waals surface area contributed by atoms with E-state index in [1.807, 2.05) is 26.0 Å². The molecule has 2 rings (SSSR count). The van der Waals surface area contributed by atoms with E-state index in [0.717, 1.165) is 22.5 Å². The lowest BCUT2D eigenvalue weighted by atomic mass is 10.1. The van der Waals surface area contributed by atoms with Crippen LogP contribution in [-0.2, 0) is 0 Å². The molecular weight excluding hydrogens is 252 g/mol. The van der Waals surface area contributed by atoms with Gasteiger partial charge in [-0.1, -0.05) is 6.07 Å². The quantitative estimate of drug-likeness (QED) is 0.842. The van der Waals surface area contributed by atoms with Crippen LogP contribution in [0.3, 0.4) is 0 Å². The number of rotatable bonds is 3. The zero-order valence-electron chi connectivity index (χ0n) is 11.9. The Kier molecular flexibility index (Phi) is 3.94. The smallest absolute Gasteiger partial charge is 0.255 e. The molecule has 0 heterocycles. The summed E-state index contributed by atoms with van der Waals surface area (Å²) >= 11 is 0. The first-order valence-electron chi connectivity index (χ1n) is 6.33. The minimum atomic E-state index is -0.170. The first-order chi connectivity index (χ1) is 9.51. The average Bonchev–Trinajstić information content (AvgIpc) is 2.44. The maximum absolute atomic E-state index is 12.2. The number of hydrogen-bond donors (Lipinski definition) is 2. The number of hydrogen-bond acceptors (Lipinski definition) is 3. The Labute approximate surface area is 118 Å². The Morgan fingerprint density at radius 3 is 2.60 bits per heavy atom. The van der Waals surface area contributed by atoms with Gasteiger partial charge in [-0.3, -0.25) is 4.79 Å². The van der Waals surface area contributed by atoms with Crippen LogP contribution >= 0.6 is 0 Å². The normalized spacial score (nSPS) is 10.2. The first kappa shape index (κ1) is 13.9. The Morgan fingerprint density at radius 1 is 1.15 bits per heavy atom. The molecule has 4 heteroatoms. The number of carbonyl (C=O) groups is 1. The second kappa shape index (κ2) is 5.65. The lowest BCUT2D eigenvalue weighted by Crippen LogP contribution is -2.13. The van der Waals surface area contributed by atoms with Crippen LogP contribution in [0, 0.1) is 13.8 Å². The van der Waals surface area contributed by atoms with Crippen molar-refractivity contribution in [3.63, 3.8) is 0 Å². The Hall–Kier alpha value is -2.49. The number of amides is 1. The molecule has 2 aromatic rings. The number of aryl methyl sites for hydroxylation is 2. The van der Waals surface area contributed by atoms with E-state index in [4.69, 9.17) is 10.5 Å². The highest BCUT2D eigenvalue weighted by atomic mass is 16.5. The van der Waals surface area contributed by atoms with Gasteiger partial charge in [0.1, 0.15) is 5.75 Å². The summed E-state index contributed by atoms with van der Waals surface area (Å²) in [6.07, 6.45) is 0. The molecule has 0 aliphatic heterocycles. The molecule has 0 aromatic heterocycles. The van der Waals surface area contributed by atoms with Gasteiger partial charge in [-0.05, 0) is 55.3 Å². The van der Waals surface area contributed by atoms with Crippen LogP contribution in [0.25, 0.3) is 0 Å². The van der Waals surface area contributed by atoms with Crippen molar-refractivity contribution < 1.29 is 9.53 Å². The van der Waals surface area contributed by atoms with E-state index in [1.165, 1.54) is 0 Å². The van der Waals surface area contributed by atoms with Crippen molar-refractivity contribution in [1.29, 1.82) is 0 Å². The summed E-state index contributed by atoms with van der Waals surface area (Å²) in [5.41, 5.74) is 9.76. The van der Waals surface area contributed by atoms with E-state index in [1.54, 1.807) is 31.4 Å². The van der Waals surface area contributed by atoms with Gasteiger partial charge < -0.3 is 15.8 Å². The third-order valence-corrected chi connectivity index (χ3v) is 3.19. The van der Waals surface area contributed by atoms with Gasteiger partial charge in [0.15, 0.2) is 0 Å². The Balaban J connectivity index is 2.25. The number of nitrogen functional groups attached to an aromatic ring is 1. The number of anilines is 2. The third-order valence-electron chi connectivity index (χ3n) is 3.19. The van der Waals surface area contributed by atoms with Crippen LogP contribution in [0.2, 0.25) is 0 Å². The summed E-state index contributed by atoms with van der Waals surface area (Å²) in [7, 11) is 1.57. The summed E-state index contributed by atoms with van der Waals surface area (Å²) in [5.74, 6) is 0.485. The first-order valence-corrected chi connectivity index (χ1v) is 6.33. The minimum absolute atomic E-state index is 0.170. The molecule has 4 nitrogen and oxygen atoms in total. The van der Waals surface area contributed by atoms with Crippen LogP contribution in [0.4, 0.5) is 11.4 Å². The van der Waals surface area contributed by atoms with E-state index >= 15 is 0 Å². The highest BCUT2D eigenvalue weighted by molar-refractivity contribution is 6.05. The SMILES string of the molecule is COc1cccc(C(=O)Nc2cc(C)c(N)cc2C)c1. The van der Waals surface area contributed by atoms with Crippen LogP contribution < -0.4 is 15.8 Å². The fraction of sp³-hybridized carbons (Fsp3) is 0.188. The highest BCUT2D eigenvalue weighted by Gasteiger charge is 2.09. The summed E-state index contributed by atoms with van der Waals surface area (Å²) in [5, 5.41) is 2.90.